The van der Waals surface area contributed by atoms with Gasteiger partial charge in [-0.2, -0.15) is 0 Å². The number of allylic oxidation sites excluding steroid dienone is 2. The van der Waals surface area contributed by atoms with Crippen molar-refractivity contribution < 1.29 is 19.5 Å². The Morgan fingerprint density at radius 3 is 2.23 bits per heavy atom. The van der Waals surface area contributed by atoms with E-state index < -0.39 is 29.6 Å². The predicted octanol–water partition coefficient (Wildman–Crippen LogP) is 4.55. The molecule has 0 aliphatic heterocycles. The molecule has 7 heteroatoms. The number of nitrogens with one attached hydrogen (secondary N) is 1. The maximum Gasteiger partial charge on any atom is 0.307 e. The molecule has 0 saturated heterocycles. The van der Waals surface area contributed by atoms with E-state index in [1.807, 2.05) is 37.3 Å². The van der Waals surface area contributed by atoms with Crippen molar-refractivity contribution in [2.24, 2.45) is 17.6 Å². The second kappa shape index (κ2) is 8.83. The average molecular weight is 427 g/mol. The number of carbonyl (C=O) groups excluding carboxylic acids is 2. The topological polar surface area (TPSA) is 109 Å². The number of carbonyl (C=O) groups is 3. The Labute approximate surface area is 179 Å². The van der Waals surface area contributed by atoms with Gasteiger partial charge in [0, 0.05) is 10.4 Å². The molecule has 2 aromatic rings. The molecule has 3 rings (SSSR count). The molecule has 0 bridgehead atoms. The van der Waals surface area contributed by atoms with Crippen LogP contribution in [0.1, 0.15) is 53.4 Å². The molecular formula is C23H26N2O4S. The lowest BCUT2D eigenvalue weighted by molar-refractivity contribution is -0.146. The van der Waals surface area contributed by atoms with Gasteiger partial charge in [0.05, 0.1) is 17.4 Å². The smallest absolute Gasteiger partial charge is 0.307 e. The summed E-state index contributed by atoms with van der Waals surface area (Å²) in [6.45, 7) is 6.10. The molecule has 1 aromatic heterocycles. The van der Waals surface area contributed by atoms with Crippen molar-refractivity contribution in [2.45, 2.75) is 39.5 Å². The van der Waals surface area contributed by atoms with Gasteiger partial charge >= 0.3 is 5.97 Å². The summed E-state index contributed by atoms with van der Waals surface area (Å²) in [7, 11) is 0. The number of carboxylic acid groups (broad SMARTS) is 1. The number of nitrogens with two attached hydrogens (primary N) is 1. The van der Waals surface area contributed by atoms with E-state index in [-0.39, 0.29) is 5.56 Å². The van der Waals surface area contributed by atoms with E-state index in [0.717, 1.165) is 10.4 Å². The van der Waals surface area contributed by atoms with Crippen LogP contribution in [-0.2, 0) is 9.59 Å². The van der Waals surface area contributed by atoms with Crippen molar-refractivity contribution >= 4 is 34.1 Å². The SMILES string of the molecule is Cc1sc(NC(=O)[C@@H]2CC=CC[C@H]2C(=O)O)c(C(N)=O)c1-c1ccc(C(C)C)cc1. The molecule has 30 heavy (non-hydrogen) atoms. The number of hydrogen-bond acceptors (Lipinski definition) is 4. The largest absolute Gasteiger partial charge is 0.481 e. The highest BCUT2D eigenvalue weighted by molar-refractivity contribution is 7.17. The third-order valence-electron chi connectivity index (χ3n) is 5.52. The van der Waals surface area contributed by atoms with Crippen LogP contribution >= 0.6 is 11.3 Å². The summed E-state index contributed by atoms with van der Waals surface area (Å²) in [5.41, 5.74) is 8.69. The maximum atomic E-state index is 12.9. The summed E-state index contributed by atoms with van der Waals surface area (Å²) in [6, 6.07) is 7.95. The van der Waals surface area contributed by atoms with Gasteiger partial charge in [-0.3, -0.25) is 14.4 Å². The molecule has 2 atom stereocenters. The second-order valence-electron chi connectivity index (χ2n) is 7.86. The van der Waals surface area contributed by atoms with E-state index in [4.69, 9.17) is 5.73 Å². The first-order valence-electron chi connectivity index (χ1n) is 9.92. The molecule has 0 saturated carbocycles. The Balaban J connectivity index is 1.95. The van der Waals surface area contributed by atoms with Gasteiger partial charge in [0.15, 0.2) is 0 Å². The summed E-state index contributed by atoms with van der Waals surface area (Å²) in [5, 5.41) is 12.6. The summed E-state index contributed by atoms with van der Waals surface area (Å²) in [4.78, 5) is 37.6. The third kappa shape index (κ3) is 4.31. The normalized spacial score (nSPS) is 18.4. The van der Waals surface area contributed by atoms with Gasteiger partial charge in [-0.1, -0.05) is 50.3 Å². The van der Waals surface area contributed by atoms with Gasteiger partial charge < -0.3 is 16.2 Å². The third-order valence-corrected chi connectivity index (χ3v) is 6.54. The molecule has 1 aliphatic carbocycles. The first-order valence-corrected chi connectivity index (χ1v) is 10.7. The Kier molecular flexibility index (Phi) is 6.41. The van der Waals surface area contributed by atoms with Crippen LogP contribution in [0.5, 0.6) is 0 Å². The summed E-state index contributed by atoms with van der Waals surface area (Å²) in [6.07, 6.45) is 4.27. The molecule has 0 radical (unpaired) electrons. The number of benzene rings is 1. The van der Waals surface area contributed by atoms with Gasteiger partial charge in [-0.25, -0.2) is 0 Å². The number of amides is 2. The van der Waals surface area contributed by atoms with Gasteiger partial charge in [0.2, 0.25) is 5.91 Å². The second-order valence-corrected chi connectivity index (χ2v) is 9.09. The average Bonchev–Trinajstić information content (AvgIpc) is 3.03. The fourth-order valence-corrected chi connectivity index (χ4v) is 4.92. The molecule has 2 amide bonds. The Hall–Kier alpha value is -2.93. The molecule has 4 N–H and O–H groups in total. The van der Waals surface area contributed by atoms with Crippen molar-refractivity contribution in [1.29, 1.82) is 0 Å². The van der Waals surface area contributed by atoms with Crippen molar-refractivity contribution in [3.63, 3.8) is 0 Å². The van der Waals surface area contributed by atoms with E-state index >= 15 is 0 Å². The minimum atomic E-state index is -0.997. The number of hydrogen-bond donors (Lipinski definition) is 3. The molecule has 0 fully saturated rings. The van der Waals surface area contributed by atoms with Gasteiger partial charge in [-0.05, 0) is 36.8 Å². The van der Waals surface area contributed by atoms with E-state index in [0.29, 0.717) is 29.3 Å². The highest BCUT2D eigenvalue weighted by atomic mass is 32.1. The van der Waals surface area contributed by atoms with E-state index in [2.05, 4.69) is 19.2 Å². The van der Waals surface area contributed by atoms with Gasteiger partial charge in [0.25, 0.3) is 5.91 Å². The molecule has 0 unspecified atom stereocenters. The number of aryl methyl sites for hydroxylation is 1. The molecule has 158 valence electrons. The lowest BCUT2D eigenvalue weighted by Gasteiger charge is -2.24. The fraction of sp³-hybridized carbons (Fsp3) is 0.348. The van der Waals surface area contributed by atoms with E-state index in [1.165, 1.54) is 16.9 Å². The number of aliphatic carboxylic acids is 1. The zero-order chi connectivity index (χ0) is 22.0. The van der Waals surface area contributed by atoms with E-state index in [9.17, 15) is 19.5 Å². The first-order chi connectivity index (χ1) is 14.2. The molecule has 0 spiro atoms. The van der Waals surface area contributed by atoms with Crippen LogP contribution in [0, 0.1) is 18.8 Å². The molecular weight excluding hydrogens is 400 g/mol. The standard InChI is InChI=1S/C23H26N2O4S/c1-12(2)14-8-10-15(11-9-14)18-13(3)30-22(19(18)20(24)26)25-21(27)16-6-4-5-7-17(16)23(28)29/h4-5,8-12,16-17H,6-7H2,1-3H3,(H2,24,26)(H,25,27)(H,28,29)/t16-,17-/m1/s1. The van der Waals surface area contributed by atoms with Crippen LogP contribution in [0.4, 0.5) is 5.00 Å². The number of rotatable bonds is 6. The molecule has 1 aliphatic rings. The fourth-order valence-electron chi connectivity index (χ4n) is 3.83. The summed E-state index contributed by atoms with van der Waals surface area (Å²) < 4.78 is 0. The molecule has 1 heterocycles. The predicted molar refractivity (Wildman–Crippen MR) is 119 cm³/mol. The van der Waals surface area contributed by atoms with Crippen molar-refractivity contribution in [3.05, 3.63) is 52.4 Å². The number of primary amides is 1. The quantitative estimate of drug-likeness (QED) is 0.589. The van der Waals surface area contributed by atoms with Crippen LogP contribution in [-0.4, -0.2) is 22.9 Å². The number of thiophene rings is 1. The Bertz CT molecular complexity index is 1000. The van der Waals surface area contributed by atoms with Crippen LogP contribution in [0.3, 0.4) is 0 Å². The van der Waals surface area contributed by atoms with Crippen molar-refractivity contribution in [1.82, 2.24) is 0 Å². The monoisotopic (exact) mass is 426 g/mol. The maximum absolute atomic E-state index is 12.9. The molecule has 1 aromatic carbocycles. The van der Waals surface area contributed by atoms with Crippen LogP contribution in [0.2, 0.25) is 0 Å². The zero-order valence-electron chi connectivity index (χ0n) is 17.3. The lowest BCUT2D eigenvalue weighted by Crippen LogP contribution is -2.35. The van der Waals surface area contributed by atoms with E-state index in [1.54, 1.807) is 6.08 Å². The summed E-state index contributed by atoms with van der Waals surface area (Å²) >= 11 is 1.28. The van der Waals surface area contributed by atoms with Gasteiger partial charge in [-0.15, -0.1) is 11.3 Å². The first kappa shape index (κ1) is 21.8. The lowest BCUT2D eigenvalue weighted by atomic mass is 9.82. The number of carboxylic acids is 1. The zero-order valence-corrected chi connectivity index (χ0v) is 18.1. The minimum absolute atomic E-state index is 0.265. The summed E-state index contributed by atoms with van der Waals surface area (Å²) in [5.74, 6) is -3.11. The molecule has 6 nitrogen and oxygen atoms in total. The Morgan fingerprint density at radius 1 is 1.10 bits per heavy atom. The van der Waals surface area contributed by atoms with Crippen molar-refractivity contribution in [3.8, 4) is 11.1 Å². The van der Waals surface area contributed by atoms with Crippen LogP contribution < -0.4 is 11.1 Å². The van der Waals surface area contributed by atoms with Crippen LogP contribution in [0.25, 0.3) is 11.1 Å². The Morgan fingerprint density at radius 2 is 1.70 bits per heavy atom. The number of anilines is 1. The highest BCUT2D eigenvalue weighted by Crippen LogP contribution is 2.40. The van der Waals surface area contributed by atoms with Crippen molar-refractivity contribution in [2.75, 3.05) is 5.32 Å². The van der Waals surface area contributed by atoms with Crippen LogP contribution in [0.15, 0.2) is 36.4 Å². The highest BCUT2D eigenvalue weighted by Gasteiger charge is 2.35. The minimum Gasteiger partial charge on any atom is -0.481 e. The van der Waals surface area contributed by atoms with Gasteiger partial charge in [0.1, 0.15) is 5.00 Å².